The van der Waals surface area contributed by atoms with E-state index < -0.39 is 0 Å². The zero-order chi connectivity index (χ0) is 14.0. The Balaban J connectivity index is 1.65. The van der Waals surface area contributed by atoms with Crippen LogP contribution in [0.1, 0.15) is 47.0 Å². The van der Waals surface area contributed by atoms with E-state index in [1.807, 2.05) is 25.7 Å². The predicted octanol–water partition coefficient (Wildman–Crippen LogP) is 2.63. The molecule has 1 amide bonds. The van der Waals surface area contributed by atoms with Crippen LogP contribution in [0.2, 0.25) is 0 Å². The summed E-state index contributed by atoms with van der Waals surface area (Å²) in [7, 11) is 0. The molecule has 2 aliphatic rings. The van der Waals surface area contributed by atoms with Gasteiger partial charge in [0.2, 0.25) is 0 Å². The summed E-state index contributed by atoms with van der Waals surface area (Å²) in [6.07, 6.45) is 3.69. The van der Waals surface area contributed by atoms with Crippen molar-refractivity contribution in [1.29, 1.82) is 0 Å². The van der Waals surface area contributed by atoms with Crippen molar-refractivity contribution in [1.82, 2.24) is 10.2 Å². The Kier molecular flexibility index (Phi) is 4.39. The highest BCUT2D eigenvalue weighted by Gasteiger charge is 2.56. The average Bonchev–Trinajstić information content (AvgIpc) is 2.75. The Bertz CT molecular complexity index is 313. The maximum atomic E-state index is 11.9. The van der Waals surface area contributed by atoms with E-state index in [0.29, 0.717) is 17.9 Å². The summed E-state index contributed by atoms with van der Waals surface area (Å²) in [6, 6.07) is 0.649. The van der Waals surface area contributed by atoms with Crippen LogP contribution >= 0.6 is 0 Å². The maximum absolute atomic E-state index is 11.9. The standard InChI is InChI=1S/C15H28N2O2/c1-5-6-7-8-16-13-11-9-17(10-12(11)13)14(18)19-15(2,3)4/h11-13,16H,5-10H2,1-4H3. The van der Waals surface area contributed by atoms with Crippen LogP contribution in [0, 0.1) is 11.8 Å². The van der Waals surface area contributed by atoms with Crippen LogP contribution in [-0.2, 0) is 4.74 Å². The van der Waals surface area contributed by atoms with Gasteiger partial charge in [0.15, 0.2) is 0 Å². The molecule has 0 aromatic heterocycles. The van der Waals surface area contributed by atoms with E-state index in [1.165, 1.54) is 19.3 Å². The van der Waals surface area contributed by atoms with Crippen molar-refractivity contribution in [3.63, 3.8) is 0 Å². The minimum absolute atomic E-state index is 0.149. The fraction of sp³-hybridized carbons (Fsp3) is 0.933. The first-order chi connectivity index (χ1) is 8.92. The first kappa shape index (κ1) is 14.6. The second-order valence-electron chi connectivity index (χ2n) is 6.90. The molecule has 0 radical (unpaired) electrons. The summed E-state index contributed by atoms with van der Waals surface area (Å²) in [6.45, 7) is 10.8. The Morgan fingerprint density at radius 1 is 1.26 bits per heavy atom. The quantitative estimate of drug-likeness (QED) is 0.779. The molecule has 4 nitrogen and oxygen atoms in total. The average molecular weight is 268 g/mol. The smallest absolute Gasteiger partial charge is 0.410 e. The van der Waals surface area contributed by atoms with Crippen LogP contribution in [0.3, 0.4) is 0 Å². The first-order valence-corrected chi connectivity index (χ1v) is 7.63. The lowest BCUT2D eigenvalue weighted by molar-refractivity contribution is 0.0269. The molecule has 0 aromatic rings. The Morgan fingerprint density at radius 3 is 2.42 bits per heavy atom. The maximum Gasteiger partial charge on any atom is 0.410 e. The molecular formula is C15H28N2O2. The van der Waals surface area contributed by atoms with E-state index in [4.69, 9.17) is 4.74 Å². The van der Waals surface area contributed by atoms with Crippen molar-refractivity contribution in [3.05, 3.63) is 0 Å². The van der Waals surface area contributed by atoms with Gasteiger partial charge in [-0.05, 0) is 45.6 Å². The fourth-order valence-electron chi connectivity index (χ4n) is 2.95. The van der Waals surface area contributed by atoms with Crippen LogP contribution in [0.25, 0.3) is 0 Å². The van der Waals surface area contributed by atoms with Crippen LogP contribution in [0.15, 0.2) is 0 Å². The lowest BCUT2D eigenvalue weighted by Gasteiger charge is -2.26. The molecule has 2 unspecified atom stereocenters. The van der Waals surface area contributed by atoms with E-state index in [1.54, 1.807) is 0 Å². The zero-order valence-electron chi connectivity index (χ0n) is 12.7. The van der Waals surface area contributed by atoms with Crippen LogP contribution in [0.5, 0.6) is 0 Å². The van der Waals surface area contributed by atoms with E-state index >= 15 is 0 Å². The Labute approximate surface area is 116 Å². The summed E-state index contributed by atoms with van der Waals surface area (Å²) >= 11 is 0. The summed E-state index contributed by atoms with van der Waals surface area (Å²) < 4.78 is 5.41. The normalized spacial score (nSPS) is 29.3. The monoisotopic (exact) mass is 268 g/mol. The molecule has 2 atom stereocenters. The number of unbranched alkanes of at least 4 members (excludes halogenated alkanes) is 2. The molecule has 2 rings (SSSR count). The molecule has 1 aliphatic heterocycles. The molecular weight excluding hydrogens is 240 g/mol. The number of likely N-dealkylation sites (tertiary alicyclic amines) is 1. The summed E-state index contributed by atoms with van der Waals surface area (Å²) in [5, 5.41) is 3.62. The minimum atomic E-state index is -0.387. The molecule has 2 fully saturated rings. The number of piperidine rings is 1. The molecule has 19 heavy (non-hydrogen) atoms. The number of carbonyl (C=O) groups excluding carboxylic acids is 1. The van der Waals surface area contributed by atoms with Crippen molar-refractivity contribution in [2.75, 3.05) is 19.6 Å². The highest BCUT2D eigenvalue weighted by atomic mass is 16.6. The van der Waals surface area contributed by atoms with E-state index in [-0.39, 0.29) is 11.7 Å². The van der Waals surface area contributed by atoms with Gasteiger partial charge >= 0.3 is 6.09 Å². The summed E-state index contributed by atoms with van der Waals surface area (Å²) in [5.41, 5.74) is -0.387. The van der Waals surface area contributed by atoms with Gasteiger partial charge < -0.3 is 15.0 Å². The number of nitrogens with one attached hydrogen (secondary N) is 1. The summed E-state index contributed by atoms with van der Waals surface area (Å²) in [5.74, 6) is 1.32. The van der Waals surface area contributed by atoms with Gasteiger partial charge in [0.25, 0.3) is 0 Å². The Hall–Kier alpha value is -0.770. The van der Waals surface area contributed by atoms with Crippen molar-refractivity contribution >= 4 is 6.09 Å². The number of carbonyl (C=O) groups is 1. The lowest BCUT2D eigenvalue weighted by Crippen LogP contribution is -2.39. The minimum Gasteiger partial charge on any atom is -0.444 e. The van der Waals surface area contributed by atoms with Crippen LogP contribution < -0.4 is 5.32 Å². The van der Waals surface area contributed by atoms with Gasteiger partial charge in [-0.2, -0.15) is 0 Å². The van der Waals surface area contributed by atoms with Gasteiger partial charge in [-0.1, -0.05) is 19.8 Å². The van der Waals surface area contributed by atoms with Gasteiger partial charge in [-0.3, -0.25) is 0 Å². The number of rotatable bonds is 5. The first-order valence-electron chi connectivity index (χ1n) is 7.63. The lowest BCUT2D eigenvalue weighted by atomic mass is 10.2. The van der Waals surface area contributed by atoms with Gasteiger partial charge in [0.05, 0.1) is 0 Å². The number of hydrogen-bond acceptors (Lipinski definition) is 3. The molecule has 0 spiro atoms. The number of hydrogen-bond donors (Lipinski definition) is 1. The molecule has 4 heteroatoms. The largest absolute Gasteiger partial charge is 0.444 e. The highest BCUT2D eigenvalue weighted by molar-refractivity contribution is 5.69. The molecule has 1 aliphatic carbocycles. The number of fused-ring (bicyclic) bond motifs is 1. The van der Waals surface area contributed by atoms with Crippen molar-refractivity contribution in [2.45, 2.75) is 58.6 Å². The second kappa shape index (κ2) is 5.70. The predicted molar refractivity (Wildman–Crippen MR) is 76.1 cm³/mol. The van der Waals surface area contributed by atoms with Gasteiger partial charge in [-0.15, -0.1) is 0 Å². The number of ether oxygens (including phenoxy) is 1. The highest BCUT2D eigenvalue weighted by Crippen LogP contribution is 2.45. The fourth-order valence-corrected chi connectivity index (χ4v) is 2.95. The van der Waals surface area contributed by atoms with Crippen molar-refractivity contribution in [2.24, 2.45) is 11.8 Å². The topological polar surface area (TPSA) is 41.6 Å². The SMILES string of the molecule is CCCCCNC1C2CN(C(=O)OC(C)(C)C)CC21. The van der Waals surface area contributed by atoms with Crippen LogP contribution in [-0.4, -0.2) is 42.3 Å². The third-order valence-electron chi connectivity index (χ3n) is 4.01. The number of nitrogens with zero attached hydrogens (tertiary/aromatic N) is 1. The third kappa shape index (κ3) is 3.85. The summed E-state index contributed by atoms with van der Waals surface area (Å²) in [4.78, 5) is 13.8. The van der Waals surface area contributed by atoms with Crippen molar-refractivity contribution in [3.8, 4) is 0 Å². The zero-order valence-corrected chi connectivity index (χ0v) is 12.7. The molecule has 0 aromatic carbocycles. The number of amides is 1. The third-order valence-corrected chi connectivity index (χ3v) is 4.01. The molecule has 1 heterocycles. The molecule has 0 bridgehead atoms. The molecule has 1 saturated carbocycles. The van der Waals surface area contributed by atoms with Crippen LogP contribution in [0.4, 0.5) is 4.79 Å². The molecule has 1 saturated heterocycles. The second-order valence-corrected chi connectivity index (χ2v) is 6.90. The van der Waals surface area contributed by atoms with Gasteiger partial charge in [0.1, 0.15) is 5.60 Å². The van der Waals surface area contributed by atoms with E-state index in [2.05, 4.69) is 12.2 Å². The Morgan fingerprint density at radius 2 is 1.89 bits per heavy atom. The molecule has 110 valence electrons. The van der Waals surface area contributed by atoms with E-state index in [9.17, 15) is 4.79 Å². The molecule has 1 N–H and O–H groups in total. The van der Waals surface area contributed by atoms with Gasteiger partial charge in [-0.25, -0.2) is 4.79 Å². The van der Waals surface area contributed by atoms with Gasteiger partial charge in [0, 0.05) is 19.1 Å². The van der Waals surface area contributed by atoms with E-state index in [0.717, 1.165) is 19.6 Å². The van der Waals surface area contributed by atoms with Crippen molar-refractivity contribution < 1.29 is 9.53 Å².